The highest BCUT2D eigenvalue weighted by Crippen LogP contribution is 2.11. The number of amides is 1. The molecule has 1 aromatic carbocycles. The second kappa shape index (κ2) is 5.40. The van der Waals surface area contributed by atoms with Crippen molar-refractivity contribution in [1.82, 2.24) is 10.7 Å². The molecule has 6 heteroatoms. The molecule has 80 valence electrons. The third-order valence-corrected chi connectivity index (χ3v) is 1.95. The predicted octanol–water partition coefficient (Wildman–Crippen LogP) is -0.416. The summed E-state index contributed by atoms with van der Waals surface area (Å²) in [7, 11) is 0. The number of benzene rings is 1. The number of aliphatic hydroxyl groups excluding tert-OH is 1. The molecule has 0 heterocycles. The van der Waals surface area contributed by atoms with Gasteiger partial charge < -0.3 is 10.5 Å². The Balaban J connectivity index is 2.65. The monoisotopic (exact) mass is 225 g/mol. The molecule has 1 aromatic rings. The van der Waals surface area contributed by atoms with Gasteiger partial charge in [0, 0.05) is 0 Å². The van der Waals surface area contributed by atoms with Crippen LogP contribution in [0, 0.1) is 0 Å². The Hall–Kier alpha value is -1.50. The molecule has 1 atom stereocenters. The van der Waals surface area contributed by atoms with E-state index in [0.717, 1.165) is 0 Å². The second-order valence-electron chi connectivity index (χ2n) is 2.78. The number of nitrogens with one attached hydrogen (secondary N) is 2. The van der Waals surface area contributed by atoms with Gasteiger partial charge in [0.2, 0.25) is 0 Å². The maximum absolute atomic E-state index is 11.4. The number of carbonyl (C=O) groups is 1. The number of carbonyl (C=O) groups excluding carboxylic acids is 1. The Morgan fingerprint density at radius 2 is 2.00 bits per heavy atom. The molecule has 1 amide bonds. The zero-order chi connectivity index (χ0) is 11.3. The van der Waals surface area contributed by atoms with E-state index in [9.17, 15) is 9.90 Å². The van der Waals surface area contributed by atoms with E-state index in [4.69, 9.17) is 5.84 Å². The fraction of sp³-hybridized carbons (Fsp3) is 0.111. The number of aliphatic hydroxyl groups is 1. The minimum Gasteiger partial charge on any atom is -0.378 e. The Bertz CT molecular complexity index is 356. The van der Waals surface area contributed by atoms with Gasteiger partial charge in [-0.3, -0.25) is 10.1 Å². The van der Waals surface area contributed by atoms with Crippen molar-refractivity contribution >= 4 is 23.2 Å². The van der Waals surface area contributed by atoms with Crippen LogP contribution in [0.25, 0.3) is 0 Å². The van der Waals surface area contributed by atoms with Gasteiger partial charge >= 0.3 is 0 Å². The summed E-state index contributed by atoms with van der Waals surface area (Å²) < 4.78 is 0. The highest BCUT2D eigenvalue weighted by molar-refractivity contribution is 7.80. The van der Waals surface area contributed by atoms with Gasteiger partial charge in [0.15, 0.2) is 11.2 Å². The highest BCUT2D eigenvalue weighted by atomic mass is 32.1. The van der Waals surface area contributed by atoms with Crippen LogP contribution in [0.3, 0.4) is 0 Å². The number of rotatable bonds is 2. The first-order valence-corrected chi connectivity index (χ1v) is 4.60. The third kappa shape index (κ3) is 3.28. The highest BCUT2D eigenvalue weighted by Gasteiger charge is 2.17. The molecule has 0 saturated carbocycles. The molecule has 5 nitrogen and oxygen atoms in total. The van der Waals surface area contributed by atoms with Gasteiger partial charge in [-0.05, 0) is 17.8 Å². The molecular weight excluding hydrogens is 214 g/mol. The van der Waals surface area contributed by atoms with Crippen molar-refractivity contribution in [3.8, 4) is 0 Å². The minimum absolute atomic E-state index is 0.0324. The van der Waals surface area contributed by atoms with Crippen LogP contribution in [-0.2, 0) is 4.79 Å². The zero-order valence-electron chi connectivity index (χ0n) is 7.81. The topological polar surface area (TPSA) is 87.4 Å². The van der Waals surface area contributed by atoms with E-state index in [1.165, 1.54) is 0 Å². The van der Waals surface area contributed by atoms with Gasteiger partial charge in [0.1, 0.15) is 0 Å². The number of hydrazine groups is 1. The Labute approximate surface area is 92.3 Å². The van der Waals surface area contributed by atoms with Crippen LogP contribution in [0.5, 0.6) is 0 Å². The maximum Gasteiger partial charge on any atom is 0.259 e. The van der Waals surface area contributed by atoms with Gasteiger partial charge in [-0.2, -0.15) is 0 Å². The molecule has 0 spiro atoms. The Kier molecular flexibility index (Phi) is 4.17. The first-order valence-electron chi connectivity index (χ1n) is 4.19. The quantitative estimate of drug-likeness (QED) is 0.312. The first kappa shape index (κ1) is 11.6. The zero-order valence-corrected chi connectivity index (χ0v) is 8.62. The van der Waals surface area contributed by atoms with Crippen molar-refractivity contribution in [1.29, 1.82) is 0 Å². The lowest BCUT2D eigenvalue weighted by molar-refractivity contribution is -0.128. The van der Waals surface area contributed by atoms with E-state index in [-0.39, 0.29) is 5.11 Å². The van der Waals surface area contributed by atoms with Gasteiger partial charge in [0.25, 0.3) is 5.91 Å². The van der Waals surface area contributed by atoms with Crippen LogP contribution >= 0.6 is 12.2 Å². The normalized spacial score (nSPS) is 11.6. The molecule has 0 aromatic heterocycles. The lowest BCUT2D eigenvalue weighted by Gasteiger charge is -2.11. The summed E-state index contributed by atoms with van der Waals surface area (Å²) in [6, 6.07) is 8.53. The van der Waals surface area contributed by atoms with Crippen molar-refractivity contribution in [2.24, 2.45) is 5.84 Å². The second-order valence-corrected chi connectivity index (χ2v) is 3.18. The van der Waals surface area contributed by atoms with Crippen LogP contribution in [-0.4, -0.2) is 16.1 Å². The summed E-state index contributed by atoms with van der Waals surface area (Å²) in [6.07, 6.45) is -1.25. The molecule has 0 fully saturated rings. The van der Waals surface area contributed by atoms with Crippen LogP contribution in [0.1, 0.15) is 11.7 Å². The number of thiocarbonyl (C=S) groups is 1. The molecular formula is C9H11N3O2S. The standard InChI is InChI=1S/C9H11N3O2S/c10-12-9(15)11-8(14)7(13)6-4-2-1-3-5-6/h1-5,7,13H,10H2,(H2,11,12,14,15). The average molecular weight is 225 g/mol. The average Bonchev–Trinajstić information content (AvgIpc) is 2.29. The molecule has 15 heavy (non-hydrogen) atoms. The van der Waals surface area contributed by atoms with Gasteiger partial charge in [-0.1, -0.05) is 30.3 Å². The van der Waals surface area contributed by atoms with Crippen molar-refractivity contribution in [2.45, 2.75) is 6.10 Å². The number of hydrogen-bond donors (Lipinski definition) is 4. The van der Waals surface area contributed by atoms with Gasteiger partial charge in [-0.25, -0.2) is 5.84 Å². The Morgan fingerprint density at radius 3 is 2.53 bits per heavy atom. The van der Waals surface area contributed by atoms with Crippen LogP contribution in [0.15, 0.2) is 30.3 Å². The van der Waals surface area contributed by atoms with Crippen molar-refractivity contribution < 1.29 is 9.90 Å². The SMILES string of the molecule is NNC(=S)NC(=O)C(O)c1ccccc1. The van der Waals surface area contributed by atoms with Gasteiger partial charge in [-0.15, -0.1) is 0 Å². The molecule has 1 rings (SSSR count). The molecule has 5 N–H and O–H groups in total. The fourth-order valence-corrected chi connectivity index (χ4v) is 1.10. The molecule has 0 aliphatic rings. The summed E-state index contributed by atoms with van der Waals surface area (Å²) in [5, 5.41) is 11.8. The summed E-state index contributed by atoms with van der Waals surface area (Å²) in [5.41, 5.74) is 2.59. The number of hydrogen-bond acceptors (Lipinski definition) is 4. The third-order valence-electron chi connectivity index (χ3n) is 1.73. The van der Waals surface area contributed by atoms with E-state index in [1.807, 2.05) is 0 Å². The van der Waals surface area contributed by atoms with E-state index < -0.39 is 12.0 Å². The summed E-state index contributed by atoms with van der Waals surface area (Å²) in [5.74, 6) is 4.35. The van der Waals surface area contributed by atoms with Gasteiger partial charge in [0.05, 0.1) is 0 Å². The molecule has 0 saturated heterocycles. The fourth-order valence-electron chi connectivity index (χ4n) is 1.00. The molecule has 0 bridgehead atoms. The summed E-state index contributed by atoms with van der Waals surface area (Å²) in [6.45, 7) is 0. The first-order chi connectivity index (χ1) is 7.15. The summed E-state index contributed by atoms with van der Waals surface area (Å²) >= 11 is 4.62. The molecule has 0 radical (unpaired) electrons. The molecule has 0 aliphatic heterocycles. The van der Waals surface area contributed by atoms with Crippen molar-refractivity contribution in [3.63, 3.8) is 0 Å². The maximum atomic E-state index is 11.4. The Morgan fingerprint density at radius 1 is 1.40 bits per heavy atom. The molecule has 1 unspecified atom stereocenters. The summed E-state index contributed by atoms with van der Waals surface area (Å²) in [4.78, 5) is 11.4. The number of nitrogens with two attached hydrogens (primary N) is 1. The van der Waals surface area contributed by atoms with E-state index >= 15 is 0 Å². The van der Waals surface area contributed by atoms with Crippen LogP contribution in [0.4, 0.5) is 0 Å². The molecule has 0 aliphatic carbocycles. The van der Waals surface area contributed by atoms with Crippen molar-refractivity contribution in [2.75, 3.05) is 0 Å². The van der Waals surface area contributed by atoms with Crippen LogP contribution < -0.4 is 16.6 Å². The van der Waals surface area contributed by atoms with E-state index in [0.29, 0.717) is 5.56 Å². The van der Waals surface area contributed by atoms with Crippen LogP contribution in [0.2, 0.25) is 0 Å². The lowest BCUT2D eigenvalue weighted by Crippen LogP contribution is -2.44. The van der Waals surface area contributed by atoms with Crippen molar-refractivity contribution in [3.05, 3.63) is 35.9 Å². The predicted molar refractivity (Wildman–Crippen MR) is 59.5 cm³/mol. The largest absolute Gasteiger partial charge is 0.378 e. The van der Waals surface area contributed by atoms with E-state index in [2.05, 4.69) is 23.0 Å². The smallest absolute Gasteiger partial charge is 0.259 e. The lowest BCUT2D eigenvalue weighted by atomic mass is 10.1. The van der Waals surface area contributed by atoms with E-state index in [1.54, 1.807) is 30.3 Å². The minimum atomic E-state index is -1.25.